The molecule has 1 heterocycles. The van der Waals surface area contributed by atoms with Gasteiger partial charge in [0, 0.05) is 23.9 Å². The van der Waals surface area contributed by atoms with Gasteiger partial charge in [0.15, 0.2) is 23.3 Å². The number of aromatic nitrogens is 1. The summed E-state index contributed by atoms with van der Waals surface area (Å²) in [6.45, 7) is 6.77. The fourth-order valence-electron chi connectivity index (χ4n) is 3.51. The summed E-state index contributed by atoms with van der Waals surface area (Å²) < 4.78 is 36.4. The van der Waals surface area contributed by atoms with Crippen LogP contribution in [0, 0.1) is 5.82 Å². The van der Waals surface area contributed by atoms with Crippen molar-refractivity contribution in [1.82, 2.24) is 10.3 Å². The number of nitrogens with one attached hydrogen (secondary N) is 1. The third-order valence-electron chi connectivity index (χ3n) is 5.40. The van der Waals surface area contributed by atoms with Gasteiger partial charge in [-0.25, -0.2) is 14.2 Å². The summed E-state index contributed by atoms with van der Waals surface area (Å²) in [5.41, 5.74) is 0.136. The minimum atomic E-state index is -1.11. The number of rotatable bonds is 12. The lowest BCUT2D eigenvalue weighted by molar-refractivity contribution is -0.154. The number of hydrogen-bond acceptors (Lipinski definition) is 8. The summed E-state index contributed by atoms with van der Waals surface area (Å²) in [6.07, 6.45) is 1.01. The Morgan fingerprint density at radius 1 is 1.13 bits per heavy atom. The van der Waals surface area contributed by atoms with Crippen LogP contribution in [0.5, 0.6) is 23.0 Å². The van der Waals surface area contributed by atoms with Crippen LogP contribution >= 0.6 is 0 Å². The monoisotopic (exact) mass is 524 g/mol. The topological polar surface area (TPSA) is 116 Å². The SMILES string of the molecule is C=CCOc1cc(F)ccc1[C@@H](Oc1ccccc1)[C@H](C)OC(=O)[C@H](C)NC(=O)c1nccc(OC)c1O. The highest BCUT2D eigenvalue weighted by atomic mass is 19.1. The van der Waals surface area contributed by atoms with Crippen LogP contribution in [0.25, 0.3) is 0 Å². The molecule has 0 spiro atoms. The number of ether oxygens (including phenoxy) is 4. The summed E-state index contributed by atoms with van der Waals surface area (Å²) in [4.78, 5) is 29.4. The Hall–Kier alpha value is -4.60. The molecule has 1 amide bonds. The van der Waals surface area contributed by atoms with E-state index in [2.05, 4.69) is 16.9 Å². The second-order valence-electron chi connectivity index (χ2n) is 8.18. The third-order valence-corrected chi connectivity index (χ3v) is 5.40. The van der Waals surface area contributed by atoms with Gasteiger partial charge in [-0.05, 0) is 38.1 Å². The van der Waals surface area contributed by atoms with Gasteiger partial charge in [-0.3, -0.25) is 4.79 Å². The highest BCUT2D eigenvalue weighted by molar-refractivity contribution is 5.97. The van der Waals surface area contributed by atoms with E-state index < -0.39 is 41.7 Å². The second kappa shape index (κ2) is 13.1. The highest BCUT2D eigenvalue weighted by Gasteiger charge is 2.31. The molecule has 38 heavy (non-hydrogen) atoms. The van der Waals surface area contributed by atoms with Gasteiger partial charge in [-0.1, -0.05) is 30.9 Å². The normalized spacial score (nSPS) is 12.9. The van der Waals surface area contributed by atoms with Crippen molar-refractivity contribution in [2.75, 3.05) is 13.7 Å². The Morgan fingerprint density at radius 3 is 2.55 bits per heavy atom. The molecule has 0 unspecified atom stereocenters. The molecule has 9 nitrogen and oxygen atoms in total. The predicted octanol–water partition coefficient (Wildman–Crippen LogP) is 4.37. The van der Waals surface area contributed by atoms with Gasteiger partial charge in [0.05, 0.1) is 7.11 Å². The van der Waals surface area contributed by atoms with Crippen LogP contribution < -0.4 is 19.5 Å². The van der Waals surface area contributed by atoms with Crippen molar-refractivity contribution in [2.45, 2.75) is 32.1 Å². The fourth-order valence-corrected chi connectivity index (χ4v) is 3.51. The molecule has 0 aliphatic rings. The molecule has 0 aliphatic carbocycles. The van der Waals surface area contributed by atoms with Crippen LogP contribution in [0.1, 0.15) is 36.0 Å². The molecule has 3 aromatic rings. The standard InChI is InChI=1S/C28H29FN2O7/c1-5-15-36-23-16-19(29)11-12-21(23)26(38-20-9-7-6-8-10-20)18(3)37-28(34)17(2)31-27(33)24-25(32)22(35-4)13-14-30-24/h5-14,16-18,26,32H,1,15H2,2-4H3,(H,31,33)/t17-,18-,26-/m0/s1. The van der Waals surface area contributed by atoms with Gasteiger partial charge < -0.3 is 29.4 Å². The third kappa shape index (κ3) is 7.00. The van der Waals surface area contributed by atoms with Crippen molar-refractivity contribution < 1.29 is 38.0 Å². The number of benzene rings is 2. The maximum absolute atomic E-state index is 14.0. The van der Waals surface area contributed by atoms with E-state index >= 15 is 0 Å². The van der Waals surface area contributed by atoms with Gasteiger partial charge in [0.1, 0.15) is 36.1 Å². The smallest absolute Gasteiger partial charge is 0.328 e. The maximum atomic E-state index is 14.0. The van der Waals surface area contributed by atoms with Crippen molar-refractivity contribution in [2.24, 2.45) is 0 Å². The van der Waals surface area contributed by atoms with Gasteiger partial charge >= 0.3 is 5.97 Å². The first kappa shape index (κ1) is 28.0. The van der Waals surface area contributed by atoms with Gasteiger partial charge in [-0.15, -0.1) is 0 Å². The minimum Gasteiger partial charge on any atom is -0.503 e. The fraction of sp³-hybridized carbons (Fsp3) is 0.250. The molecule has 10 heteroatoms. The minimum absolute atomic E-state index is 0.0590. The number of carbonyl (C=O) groups is 2. The van der Waals surface area contributed by atoms with E-state index in [1.165, 1.54) is 50.6 Å². The molecule has 0 radical (unpaired) electrons. The molecule has 200 valence electrons. The van der Waals surface area contributed by atoms with Crippen molar-refractivity contribution in [3.63, 3.8) is 0 Å². The molecule has 3 atom stereocenters. The Labute approximate surface area is 219 Å². The van der Waals surface area contributed by atoms with Crippen molar-refractivity contribution in [3.05, 3.63) is 90.5 Å². The zero-order valence-corrected chi connectivity index (χ0v) is 21.2. The Kier molecular flexibility index (Phi) is 9.64. The number of carbonyl (C=O) groups excluding carboxylic acids is 2. The summed E-state index contributed by atoms with van der Waals surface area (Å²) in [5, 5.41) is 12.6. The summed E-state index contributed by atoms with van der Waals surface area (Å²) in [5.74, 6) is -1.79. The number of esters is 1. The van der Waals surface area contributed by atoms with E-state index in [9.17, 15) is 19.1 Å². The zero-order chi connectivity index (χ0) is 27.7. The highest BCUT2D eigenvalue weighted by Crippen LogP contribution is 2.34. The molecule has 2 aromatic carbocycles. The van der Waals surface area contributed by atoms with Crippen molar-refractivity contribution >= 4 is 11.9 Å². The summed E-state index contributed by atoms with van der Waals surface area (Å²) >= 11 is 0. The second-order valence-corrected chi connectivity index (χ2v) is 8.18. The molecule has 0 bridgehead atoms. The average Bonchev–Trinajstić information content (AvgIpc) is 2.91. The number of amides is 1. The molecule has 0 aliphatic heterocycles. The van der Waals surface area contributed by atoms with E-state index in [1.54, 1.807) is 31.2 Å². The first-order valence-corrected chi connectivity index (χ1v) is 11.7. The van der Waals surface area contributed by atoms with E-state index in [4.69, 9.17) is 18.9 Å². The average molecular weight is 525 g/mol. The molecule has 0 saturated heterocycles. The molecule has 0 saturated carbocycles. The number of hydrogen-bond donors (Lipinski definition) is 2. The van der Waals surface area contributed by atoms with Gasteiger partial charge in [0.2, 0.25) is 0 Å². The van der Waals surface area contributed by atoms with Crippen LogP contribution in [0.2, 0.25) is 0 Å². The van der Waals surface area contributed by atoms with Crippen LogP contribution in [0.15, 0.2) is 73.4 Å². The Balaban J connectivity index is 1.81. The van der Waals surface area contributed by atoms with Gasteiger partial charge in [-0.2, -0.15) is 0 Å². The number of aromatic hydroxyl groups is 1. The van der Waals surface area contributed by atoms with Crippen molar-refractivity contribution in [3.8, 4) is 23.0 Å². The maximum Gasteiger partial charge on any atom is 0.328 e. The van der Waals surface area contributed by atoms with Crippen LogP contribution in [0.3, 0.4) is 0 Å². The molecular formula is C28H29FN2O7. The molecule has 2 N–H and O–H groups in total. The van der Waals surface area contributed by atoms with Crippen LogP contribution in [-0.2, 0) is 9.53 Å². The number of nitrogens with zero attached hydrogens (tertiary/aromatic N) is 1. The first-order chi connectivity index (χ1) is 18.2. The molecule has 3 rings (SSSR count). The lowest BCUT2D eigenvalue weighted by Crippen LogP contribution is -2.42. The number of para-hydroxylation sites is 1. The summed E-state index contributed by atoms with van der Waals surface area (Å²) in [7, 11) is 1.33. The van der Waals surface area contributed by atoms with Gasteiger partial charge in [0.25, 0.3) is 5.91 Å². The van der Waals surface area contributed by atoms with Crippen LogP contribution in [-0.4, -0.2) is 47.8 Å². The molecular weight excluding hydrogens is 495 g/mol. The van der Waals surface area contributed by atoms with E-state index in [-0.39, 0.29) is 23.8 Å². The largest absolute Gasteiger partial charge is 0.503 e. The lowest BCUT2D eigenvalue weighted by Gasteiger charge is -2.28. The predicted molar refractivity (Wildman–Crippen MR) is 137 cm³/mol. The summed E-state index contributed by atoms with van der Waals surface area (Å²) in [6, 6.07) is 13.1. The van der Waals surface area contributed by atoms with Crippen molar-refractivity contribution in [1.29, 1.82) is 0 Å². The molecule has 0 fully saturated rings. The first-order valence-electron chi connectivity index (χ1n) is 11.7. The Morgan fingerprint density at radius 2 is 1.87 bits per heavy atom. The van der Waals surface area contributed by atoms with E-state index in [0.29, 0.717) is 11.3 Å². The number of halogens is 1. The van der Waals surface area contributed by atoms with E-state index in [0.717, 1.165) is 0 Å². The molecule has 1 aromatic heterocycles. The quantitative estimate of drug-likeness (QED) is 0.265. The Bertz CT molecular complexity index is 1270. The lowest BCUT2D eigenvalue weighted by atomic mass is 10.0. The van der Waals surface area contributed by atoms with Crippen LogP contribution in [0.4, 0.5) is 4.39 Å². The van der Waals surface area contributed by atoms with E-state index in [1.807, 2.05) is 6.07 Å². The number of pyridine rings is 1. The zero-order valence-electron chi connectivity index (χ0n) is 21.2. The number of methoxy groups -OCH3 is 1.